The monoisotopic (exact) mass is 241 g/mol. The van der Waals surface area contributed by atoms with Gasteiger partial charge in [0.2, 0.25) is 5.91 Å². The maximum Gasteiger partial charge on any atom is 0.224 e. The van der Waals surface area contributed by atoms with Crippen molar-refractivity contribution < 1.29 is 4.79 Å². The molecule has 0 radical (unpaired) electrons. The highest BCUT2D eigenvalue weighted by Crippen LogP contribution is 2.35. The average molecular weight is 241 g/mol. The van der Waals surface area contributed by atoms with E-state index in [9.17, 15) is 4.79 Å². The van der Waals surface area contributed by atoms with Gasteiger partial charge in [0, 0.05) is 18.6 Å². The van der Waals surface area contributed by atoms with Gasteiger partial charge >= 0.3 is 0 Å². The fourth-order valence-corrected chi connectivity index (χ4v) is 2.47. The van der Waals surface area contributed by atoms with Crippen LogP contribution in [-0.4, -0.2) is 43.5 Å². The van der Waals surface area contributed by atoms with Crippen molar-refractivity contribution in [3.63, 3.8) is 0 Å². The SMILES string of the molecule is CCCC(CN)C(=O)NCC1(N(C)C)CCC1. The normalized spacial score (nSPS) is 19.8. The van der Waals surface area contributed by atoms with Crippen LogP contribution in [0.1, 0.15) is 39.0 Å². The van der Waals surface area contributed by atoms with Crippen LogP contribution in [0.25, 0.3) is 0 Å². The molecular formula is C13H27N3O. The van der Waals surface area contributed by atoms with Gasteiger partial charge in [0.05, 0.1) is 5.92 Å². The van der Waals surface area contributed by atoms with Crippen LogP contribution in [0.2, 0.25) is 0 Å². The smallest absolute Gasteiger partial charge is 0.224 e. The largest absolute Gasteiger partial charge is 0.354 e. The van der Waals surface area contributed by atoms with Crippen molar-refractivity contribution in [3.8, 4) is 0 Å². The van der Waals surface area contributed by atoms with E-state index in [1.54, 1.807) is 0 Å². The molecule has 1 unspecified atom stereocenters. The van der Waals surface area contributed by atoms with Crippen molar-refractivity contribution in [3.05, 3.63) is 0 Å². The number of likely N-dealkylation sites (N-methyl/N-ethyl adjacent to an activating group) is 1. The van der Waals surface area contributed by atoms with Gasteiger partial charge in [0.25, 0.3) is 0 Å². The number of nitrogens with one attached hydrogen (secondary N) is 1. The van der Waals surface area contributed by atoms with Gasteiger partial charge in [-0.25, -0.2) is 0 Å². The Bertz CT molecular complexity index is 249. The maximum atomic E-state index is 12.0. The lowest BCUT2D eigenvalue weighted by Gasteiger charge is -2.47. The maximum absolute atomic E-state index is 12.0. The number of carbonyl (C=O) groups is 1. The first-order chi connectivity index (χ1) is 8.05. The van der Waals surface area contributed by atoms with Crippen molar-refractivity contribution in [1.82, 2.24) is 10.2 Å². The van der Waals surface area contributed by atoms with Gasteiger partial charge in [-0.2, -0.15) is 0 Å². The molecule has 100 valence electrons. The Morgan fingerprint density at radius 3 is 2.47 bits per heavy atom. The molecule has 1 aliphatic rings. The molecule has 1 amide bonds. The second kappa shape index (κ2) is 6.36. The van der Waals surface area contributed by atoms with Crippen LogP contribution >= 0.6 is 0 Å². The van der Waals surface area contributed by atoms with Gasteiger partial charge in [-0.1, -0.05) is 13.3 Å². The Morgan fingerprint density at radius 2 is 2.12 bits per heavy atom. The van der Waals surface area contributed by atoms with E-state index in [1.165, 1.54) is 19.3 Å². The third kappa shape index (κ3) is 3.42. The highest BCUT2D eigenvalue weighted by molar-refractivity contribution is 5.78. The number of carbonyl (C=O) groups excluding carboxylic acids is 1. The van der Waals surface area contributed by atoms with Gasteiger partial charge < -0.3 is 16.0 Å². The summed E-state index contributed by atoms with van der Waals surface area (Å²) < 4.78 is 0. The summed E-state index contributed by atoms with van der Waals surface area (Å²) in [4.78, 5) is 14.2. The molecule has 0 aromatic carbocycles. The summed E-state index contributed by atoms with van der Waals surface area (Å²) in [6, 6.07) is 0. The number of hydrogen-bond acceptors (Lipinski definition) is 3. The number of amides is 1. The van der Waals surface area contributed by atoms with Crippen LogP contribution in [0.15, 0.2) is 0 Å². The molecule has 0 bridgehead atoms. The van der Waals surface area contributed by atoms with E-state index < -0.39 is 0 Å². The highest BCUT2D eigenvalue weighted by atomic mass is 16.1. The van der Waals surface area contributed by atoms with Crippen LogP contribution < -0.4 is 11.1 Å². The van der Waals surface area contributed by atoms with Crippen LogP contribution in [0, 0.1) is 5.92 Å². The molecule has 0 saturated heterocycles. The Kier molecular flexibility index (Phi) is 5.40. The zero-order chi connectivity index (χ0) is 12.9. The van der Waals surface area contributed by atoms with Crippen LogP contribution in [-0.2, 0) is 4.79 Å². The van der Waals surface area contributed by atoms with E-state index in [-0.39, 0.29) is 17.4 Å². The molecular weight excluding hydrogens is 214 g/mol. The Morgan fingerprint density at radius 1 is 1.47 bits per heavy atom. The van der Waals surface area contributed by atoms with Crippen LogP contribution in [0.3, 0.4) is 0 Å². The predicted molar refractivity (Wildman–Crippen MR) is 70.7 cm³/mol. The fraction of sp³-hybridized carbons (Fsp3) is 0.923. The van der Waals surface area contributed by atoms with Crippen molar-refractivity contribution >= 4 is 5.91 Å². The fourth-order valence-electron chi connectivity index (χ4n) is 2.47. The summed E-state index contributed by atoms with van der Waals surface area (Å²) >= 11 is 0. The topological polar surface area (TPSA) is 58.4 Å². The highest BCUT2D eigenvalue weighted by Gasteiger charge is 2.39. The lowest BCUT2D eigenvalue weighted by Crippen LogP contribution is -2.57. The molecule has 1 atom stereocenters. The molecule has 3 N–H and O–H groups in total. The molecule has 17 heavy (non-hydrogen) atoms. The first kappa shape index (κ1) is 14.5. The molecule has 0 aromatic rings. The van der Waals surface area contributed by atoms with Crippen LogP contribution in [0.5, 0.6) is 0 Å². The van der Waals surface area contributed by atoms with Crippen molar-refractivity contribution in [2.45, 2.75) is 44.6 Å². The van der Waals surface area contributed by atoms with Crippen LogP contribution in [0.4, 0.5) is 0 Å². The predicted octanol–water partition coefficient (Wildman–Crippen LogP) is 0.962. The Hall–Kier alpha value is -0.610. The Balaban J connectivity index is 2.41. The quantitative estimate of drug-likeness (QED) is 0.698. The molecule has 0 aromatic heterocycles. The van der Waals surface area contributed by atoms with Gasteiger partial charge in [-0.3, -0.25) is 4.79 Å². The molecule has 1 saturated carbocycles. The van der Waals surface area contributed by atoms with E-state index in [1.807, 2.05) is 0 Å². The second-order valence-corrected chi connectivity index (χ2v) is 5.41. The van der Waals surface area contributed by atoms with E-state index in [2.05, 4.69) is 31.2 Å². The molecule has 4 heteroatoms. The van der Waals surface area contributed by atoms with Gasteiger partial charge in [-0.15, -0.1) is 0 Å². The summed E-state index contributed by atoms with van der Waals surface area (Å²) in [6.07, 6.45) is 5.53. The first-order valence-electron chi connectivity index (χ1n) is 6.71. The number of hydrogen-bond donors (Lipinski definition) is 2. The van der Waals surface area contributed by atoms with Crippen molar-refractivity contribution in [2.24, 2.45) is 11.7 Å². The molecule has 4 nitrogen and oxygen atoms in total. The zero-order valence-corrected chi connectivity index (χ0v) is 11.5. The molecule has 1 aliphatic carbocycles. The summed E-state index contributed by atoms with van der Waals surface area (Å²) in [5, 5.41) is 3.08. The molecule has 1 rings (SSSR count). The third-order valence-electron chi connectivity index (χ3n) is 4.12. The first-order valence-corrected chi connectivity index (χ1v) is 6.71. The van der Waals surface area contributed by atoms with E-state index >= 15 is 0 Å². The minimum atomic E-state index is -0.0145. The summed E-state index contributed by atoms with van der Waals surface area (Å²) in [5.41, 5.74) is 5.83. The van der Waals surface area contributed by atoms with E-state index in [0.29, 0.717) is 6.54 Å². The minimum Gasteiger partial charge on any atom is -0.354 e. The van der Waals surface area contributed by atoms with Crippen molar-refractivity contribution in [2.75, 3.05) is 27.2 Å². The summed E-state index contributed by atoms with van der Waals surface area (Å²) in [6.45, 7) is 3.30. The van der Waals surface area contributed by atoms with E-state index in [4.69, 9.17) is 5.73 Å². The second-order valence-electron chi connectivity index (χ2n) is 5.41. The van der Waals surface area contributed by atoms with Gasteiger partial charge in [0.15, 0.2) is 0 Å². The number of rotatable bonds is 7. The third-order valence-corrected chi connectivity index (χ3v) is 4.12. The lowest BCUT2D eigenvalue weighted by molar-refractivity contribution is -0.126. The lowest BCUT2D eigenvalue weighted by atomic mass is 9.75. The zero-order valence-electron chi connectivity index (χ0n) is 11.5. The summed E-state index contributed by atoms with van der Waals surface area (Å²) in [5.74, 6) is 0.113. The average Bonchev–Trinajstić information content (AvgIpc) is 2.23. The van der Waals surface area contributed by atoms with Gasteiger partial charge in [0.1, 0.15) is 0 Å². The standard InChI is InChI=1S/C13H27N3O/c1-4-6-11(9-14)12(17)15-10-13(16(2)3)7-5-8-13/h11H,4-10,14H2,1-3H3,(H,15,17). The Labute approximate surface area is 105 Å². The van der Waals surface area contributed by atoms with E-state index in [0.717, 1.165) is 19.4 Å². The summed E-state index contributed by atoms with van der Waals surface area (Å²) in [7, 11) is 4.19. The molecule has 0 heterocycles. The molecule has 1 fully saturated rings. The van der Waals surface area contributed by atoms with Crippen molar-refractivity contribution in [1.29, 1.82) is 0 Å². The number of nitrogens with two attached hydrogens (primary N) is 1. The molecule has 0 spiro atoms. The number of nitrogens with zero attached hydrogens (tertiary/aromatic N) is 1. The van der Waals surface area contributed by atoms with Gasteiger partial charge in [-0.05, 0) is 39.8 Å². The minimum absolute atomic E-state index is 0.0145. The molecule has 0 aliphatic heterocycles.